The summed E-state index contributed by atoms with van der Waals surface area (Å²) in [6.45, 7) is 2.00. The third-order valence-electron chi connectivity index (χ3n) is 4.88. The van der Waals surface area contributed by atoms with Crippen LogP contribution in [0.4, 0.5) is 10.9 Å². The summed E-state index contributed by atoms with van der Waals surface area (Å²) in [6.07, 6.45) is 2.25. The summed E-state index contributed by atoms with van der Waals surface area (Å²) >= 11 is 2.57. The van der Waals surface area contributed by atoms with E-state index >= 15 is 0 Å². The molecular weight excluding hydrogens is 436 g/mol. The molecule has 2 aromatic heterocycles. The molecule has 1 saturated carbocycles. The van der Waals surface area contributed by atoms with Gasteiger partial charge >= 0.3 is 5.69 Å². The molecule has 3 aromatic rings. The van der Waals surface area contributed by atoms with Crippen LogP contribution in [0.5, 0.6) is 0 Å². The molecule has 0 aliphatic heterocycles. The second-order valence-corrected chi connectivity index (χ2v) is 9.37. The van der Waals surface area contributed by atoms with E-state index in [-0.39, 0.29) is 30.2 Å². The van der Waals surface area contributed by atoms with E-state index in [1.54, 1.807) is 6.92 Å². The number of rotatable bonds is 9. The minimum Gasteiger partial charge on any atom is -0.384 e. The third-order valence-corrected chi connectivity index (χ3v) is 6.87. The highest BCUT2D eigenvalue weighted by molar-refractivity contribution is 8.01. The number of nitrogens with one attached hydrogen (secondary N) is 1. The van der Waals surface area contributed by atoms with Crippen LogP contribution in [-0.4, -0.2) is 36.9 Å². The summed E-state index contributed by atoms with van der Waals surface area (Å²) in [5.41, 5.74) is 5.67. The summed E-state index contributed by atoms with van der Waals surface area (Å²) in [4.78, 5) is 38.6. The van der Waals surface area contributed by atoms with Crippen LogP contribution in [0.2, 0.25) is 0 Å². The van der Waals surface area contributed by atoms with Crippen molar-refractivity contribution in [3.8, 4) is 0 Å². The van der Waals surface area contributed by atoms with Crippen LogP contribution >= 0.6 is 23.1 Å². The summed E-state index contributed by atoms with van der Waals surface area (Å²) < 4.78 is 2.95. The monoisotopic (exact) mass is 458 g/mol. The Morgan fingerprint density at radius 2 is 1.97 bits per heavy atom. The van der Waals surface area contributed by atoms with Crippen LogP contribution in [0.15, 0.2) is 44.3 Å². The molecule has 1 aliphatic rings. The number of hydrogen-bond acceptors (Lipinski definition) is 9. The van der Waals surface area contributed by atoms with Crippen molar-refractivity contribution in [1.29, 1.82) is 0 Å². The van der Waals surface area contributed by atoms with Gasteiger partial charge < -0.3 is 11.1 Å². The van der Waals surface area contributed by atoms with Gasteiger partial charge in [-0.15, -0.1) is 10.2 Å². The second-order valence-electron chi connectivity index (χ2n) is 7.17. The highest BCUT2D eigenvalue weighted by atomic mass is 32.2. The van der Waals surface area contributed by atoms with Gasteiger partial charge in [0.1, 0.15) is 11.4 Å². The number of nitrogens with two attached hydrogens (primary N) is 1. The molecule has 4 rings (SSSR count). The van der Waals surface area contributed by atoms with E-state index < -0.39 is 17.0 Å². The predicted molar refractivity (Wildman–Crippen MR) is 122 cm³/mol. The van der Waals surface area contributed by atoms with E-state index in [0.29, 0.717) is 10.4 Å². The van der Waals surface area contributed by atoms with Crippen molar-refractivity contribution in [1.82, 2.24) is 19.3 Å². The van der Waals surface area contributed by atoms with E-state index in [1.807, 2.05) is 30.3 Å². The lowest BCUT2D eigenvalue weighted by atomic mass is 10.2. The number of aromatic nitrogens is 4. The maximum absolute atomic E-state index is 12.9. The number of thioether (sulfide) groups is 1. The topological polar surface area (TPSA) is 125 Å². The number of ketones is 1. The standard InChI is InChI=1S/C20H22N6O3S2/c1-2-25-17(28)15(16(21)26(20(25)29)10-12-6-4-3-5-7-12)14(27)11-30-19-24-23-18(31-19)22-13-8-9-13/h3-7,13H,2,8-11,21H2,1H3,(H,22,23). The van der Waals surface area contributed by atoms with Gasteiger partial charge in [-0.1, -0.05) is 53.4 Å². The van der Waals surface area contributed by atoms with Crippen molar-refractivity contribution >= 4 is 39.8 Å². The van der Waals surface area contributed by atoms with Crippen molar-refractivity contribution in [3.63, 3.8) is 0 Å². The first-order valence-electron chi connectivity index (χ1n) is 9.91. The summed E-state index contributed by atoms with van der Waals surface area (Å²) in [5.74, 6) is -0.573. The maximum Gasteiger partial charge on any atom is 0.332 e. The lowest BCUT2D eigenvalue weighted by Crippen LogP contribution is -2.44. The van der Waals surface area contributed by atoms with Crippen LogP contribution in [0.25, 0.3) is 0 Å². The molecule has 162 valence electrons. The predicted octanol–water partition coefficient (Wildman–Crippen LogP) is 2.06. The van der Waals surface area contributed by atoms with E-state index in [4.69, 9.17) is 5.73 Å². The molecule has 1 aliphatic carbocycles. The third kappa shape index (κ3) is 4.72. The molecule has 0 amide bonds. The first kappa shape index (κ1) is 21.3. The largest absolute Gasteiger partial charge is 0.384 e. The SMILES string of the molecule is CCn1c(=O)c(C(=O)CSc2nnc(NC3CC3)s2)c(N)n(Cc2ccccc2)c1=O. The summed E-state index contributed by atoms with van der Waals surface area (Å²) in [6, 6.07) is 9.74. The van der Waals surface area contributed by atoms with Gasteiger partial charge in [0.05, 0.1) is 12.3 Å². The number of hydrogen-bond donors (Lipinski definition) is 2. The number of anilines is 2. The molecule has 0 spiro atoms. The number of nitrogen functional groups attached to an aromatic ring is 1. The molecule has 1 aromatic carbocycles. The van der Waals surface area contributed by atoms with Crippen molar-refractivity contribution in [2.75, 3.05) is 16.8 Å². The van der Waals surface area contributed by atoms with Gasteiger partial charge in [0, 0.05) is 12.6 Å². The quantitative estimate of drug-likeness (QED) is 0.369. The summed E-state index contributed by atoms with van der Waals surface area (Å²) in [5, 5.41) is 12.1. The molecule has 2 heterocycles. The van der Waals surface area contributed by atoms with Gasteiger partial charge in [0.15, 0.2) is 10.1 Å². The minimum atomic E-state index is -0.659. The smallest absolute Gasteiger partial charge is 0.332 e. The van der Waals surface area contributed by atoms with E-state index in [0.717, 1.165) is 28.1 Å². The van der Waals surface area contributed by atoms with Gasteiger partial charge in [-0.25, -0.2) is 4.79 Å². The first-order chi connectivity index (χ1) is 15.0. The number of nitrogens with zero attached hydrogens (tertiary/aromatic N) is 4. The normalized spacial score (nSPS) is 13.3. The highest BCUT2D eigenvalue weighted by Gasteiger charge is 2.24. The minimum absolute atomic E-state index is 0.0231. The molecule has 0 atom stereocenters. The Balaban J connectivity index is 1.59. The lowest BCUT2D eigenvalue weighted by molar-refractivity contribution is 0.102. The molecule has 11 heteroatoms. The number of carbonyl (C=O) groups excluding carboxylic acids is 1. The Morgan fingerprint density at radius 1 is 1.23 bits per heavy atom. The van der Waals surface area contributed by atoms with E-state index in [2.05, 4.69) is 15.5 Å². The fourth-order valence-electron chi connectivity index (χ4n) is 3.10. The van der Waals surface area contributed by atoms with E-state index in [1.165, 1.54) is 27.7 Å². The van der Waals surface area contributed by atoms with Crippen molar-refractivity contribution < 1.29 is 4.79 Å². The fourth-order valence-corrected chi connectivity index (χ4v) is 4.80. The Kier molecular flexibility index (Phi) is 6.23. The Hall–Kier alpha value is -2.92. The Morgan fingerprint density at radius 3 is 2.65 bits per heavy atom. The van der Waals surface area contributed by atoms with Crippen molar-refractivity contribution in [2.24, 2.45) is 0 Å². The number of carbonyl (C=O) groups is 1. The molecule has 1 fully saturated rings. The zero-order chi connectivity index (χ0) is 22.0. The van der Waals surface area contributed by atoms with Crippen LogP contribution in [-0.2, 0) is 13.1 Å². The van der Waals surface area contributed by atoms with Crippen LogP contribution in [0.1, 0.15) is 35.7 Å². The van der Waals surface area contributed by atoms with Crippen LogP contribution in [0, 0.1) is 0 Å². The van der Waals surface area contributed by atoms with Gasteiger partial charge in [-0.05, 0) is 25.3 Å². The first-order valence-corrected chi connectivity index (χ1v) is 11.7. The van der Waals surface area contributed by atoms with Gasteiger partial charge in [0.2, 0.25) is 5.13 Å². The van der Waals surface area contributed by atoms with Crippen molar-refractivity contribution in [2.45, 2.75) is 43.2 Å². The Labute approximate surface area is 186 Å². The van der Waals surface area contributed by atoms with Crippen molar-refractivity contribution in [3.05, 3.63) is 62.3 Å². The molecule has 3 N–H and O–H groups in total. The van der Waals surface area contributed by atoms with Gasteiger partial charge in [-0.2, -0.15) is 0 Å². The lowest BCUT2D eigenvalue weighted by Gasteiger charge is -2.15. The summed E-state index contributed by atoms with van der Waals surface area (Å²) in [7, 11) is 0. The van der Waals surface area contributed by atoms with Gasteiger partial charge in [0.25, 0.3) is 5.56 Å². The maximum atomic E-state index is 12.9. The zero-order valence-electron chi connectivity index (χ0n) is 16.9. The second kappa shape index (κ2) is 9.06. The number of benzene rings is 1. The highest BCUT2D eigenvalue weighted by Crippen LogP contribution is 2.30. The number of Topliss-reactive ketones (excluding diaryl/α,β-unsaturated/α-hetero) is 1. The molecule has 0 unspecified atom stereocenters. The average Bonchev–Trinajstić information content (AvgIpc) is 3.46. The molecular formula is C20H22N6O3S2. The fraction of sp³-hybridized carbons (Fsp3) is 0.350. The molecule has 0 saturated heterocycles. The average molecular weight is 459 g/mol. The van der Waals surface area contributed by atoms with Crippen LogP contribution in [0.3, 0.4) is 0 Å². The molecule has 0 radical (unpaired) electrons. The Bertz CT molecular complexity index is 1210. The van der Waals surface area contributed by atoms with E-state index in [9.17, 15) is 14.4 Å². The zero-order valence-corrected chi connectivity index (χ0v) is 18.5. The molecule has 31 heavy (non-hydrogen) atoms. The van der Waals surface area contributed by atoms with Crippen LogP contribution < -0.4 is 22.3 Å². The molecule has 0 bridgehead atoms. The molecule has 9 nitrogen and oxygen atoms in total. The van der Waals surface area contributed by atoms with Gasteiger partial charge in [-0.3, -0.25) is 18.7 Å².